The van der Waals surface area contributed by atoms with E-state index in [1.54, 1.807) is 37.5 Å². The van der Waals surface area contributed by atoms with Crippen LogP contribution in [0, 0.1) is 0 Å². The molecule has 3 rings (SSSR count). The Morgan fingerprint density at radius 3 is 2.50 bits per heavy atom. The normalized spacial score (nSPS) is 9.96. The van der Waals surface area contributed by atoms with Crippen LogP contribution < -0.4 is 5.73 Å². The van der Waals surface area contributed by atoms with Crippen LogP contribution in [0.4, 0.5) is 5.82 Å². The maximum atomic E-state index is 12.1. The number of carbonyl (C=O) groups is 2. The van der Waals surface area contributed by atoms with E-state index in [0.717, 1.165) is 23.9 Å². The van der Waals surface area contributed by atoms with Gasteiger partial charge in [-0.15, -0.1) is 0 Å². The highest BCUT2D eigenvalue weighted by Gasteiger charge is 2.10. The Hall–Kier alpha value is -3.68. The lowest BCUT2D eigenvalue weighted by molar-refractivity contribution is -0.134. The number of carboxylic acid groups (broad SMARTS) is 1. The van der Waals surface area contributed by atoms with E-state index in [2.05, 4.69) is 9.97 Å². The first-order valence-electron chi connectivity index (χ1n) is 8.51. The van der Waals surface area contributed by atoms with Crippen molar-refractivity contribution >= 4 is 17.7 Å². The van der Waals surface area contributed by atoms with Crippen LogP contribution in [0.2, 0.25) is 0 Å². The van der Waals surface area contributed by atoms with Crippen molar-refractivity contribution in [2.45, 2.75) is 13.5 Å². The summed E-state index contributed by atoms with van der Waals surface area (Å²) in [5.41, 5.74) is 8.37. The molecule has 2 heterocycles. The minimum Gasteiger partial charge on any atom is -0.481 e. The van der Waals surface area contributed by atoms with E-state index in [1.165, 1.54) is 0 Å². The summed E-state index contributed by atoms with van der Waals surface area (Å²) in [5.74, 6) is 0.429. The second-order valence-corrected chi connectivity index (χ2v) is 6.27. The number of anilines is 1. The molecule has 28 heavy (non-hydrogen) atoms. The average molecular weight is 381 g/mol. The first-order valence-corrected chi connectivity index (χ1v) is 8.51. The summed E-state index contributed by atoms with van der Waals surface area (Å²) in [6.07, 6.45) is 5.33. The smallest absolute Gasteiger partial charge is 0.300 e. The number of nitrogen functional groups attached to an aromatic ring is 1. The summed E-state index contributed by atoms with van der Waals surface area (Å²) in [5, 5.41) is 7.42. The number of imidazole rings is 1. The number of carbonyl (C=O) groups excluding carboxylic acids is 1. The predicted octanol–water partition coefficient (Wildman–Crippen LogP) is 2.37. The SMILES string of the molecule is CC(=O)O.CN(C)C(=O)c1cccc(Cn2ccnc2-c2ccnc(N)c2)c1. The Morgan fingerprint density at radius 2 is 1.86 bits per heavy atom. The van der Waals surface area contributed by atoms with Crippen molar-refractivity contribution < 1.29 is 14.7 Å². The lowest BCUT2D eigenvalue weighted by Gasteiger charge is -2.12. The highest BCUT2D eigenvalue weighted by atomic mass is 16.4. The quantitative estimate of drug-likeness (QED) is 0.717. The summed E-state index contributed by atoms with van der Waals surface area (Å²) in [7, 11) is 3.49. The maximum absolute atomic E-state index is 12.1. The molecule has 0 saturated heterocycles. The second-order valence-electron chi connectivity index (χ2n) is 6.27. The Kier molecular flexibility index (Phi) is 6.86. The summed E-state index contributed by atoms with van der Waals surface area (Å²) in [6.45, 7) is 1.70. The third-order valence-electron chi connectivity index (χ3n) is 3.69. The number of nitrogens with two attached hydrogens (primary N) is 1. The van der Waals surface area contributed by atoms with Gasteiger partial charge in [0.15, 0.2) is 0 Å². The lowest BCUT2D eigenvalue weighted by atomic mass is 10.1. The molecule has 1 amide bonds. The molecule has 2 aromatic heterocycles. The van der Waals surface area contributed by atoms with E-state index in [-0.39, 0.29) is 5.91 Å². The molecular formula is C20H23N5O3. The minimum absolute atomic E-state index is 0.00962. The van der Waals surface area contributed by atoms with Gasteiger partial charge in [-0.25, -0.2) is 9.97 Å². The van der Waals surface area contributed by atoms with Gasteiger partial charge >= 0.3 is 0 Å². The van der Waals surface area contributed by atoms with Crippen LogP contribution in [0.5, 0.6) is 0 Å². The van der Waals surface area contributed by atoms with Crippen LogP contribution in [0.3, 0.4) is 0 Å². The van der Waals surface area contributed by atoms with Crippen LogP contribution in [-0.2, 0) is 11.3 Å². The number of aromatic nitrogens is 3. The number of aliphatic carboxylic acids is 1. The number of nitrogens with zero attached hydrogens (tertiary/aromatic N) is 4. The van der Waals surface area contributed by atoms with Crippen LogP contribution >= 0.6 is 0 Å². The van der Waals surface area contributed by atoms with Gasteiger partial charge in [-0.2, -0.15) is 0 Å². The molecule has 0 bridgehead atoms. The number of hydrogen-bond donors (Lipinski definition) is 2. The molecule has 0 saturated carbocycles. The summed E-state index contributed by atoms with van der Waals surface area (Å²) < 4.78 is 2.02. The van der Waals surface area contributed by atoms with E-state index < -0.39 is 5.97 Å². The lowest BCUT2D eigenvalue weighted by Crippen LogP contribution is -2.21. The van der Waals surface area contributed by atoms with Crippen molar-refractivity contribution in [3.05, 3.63) is 66.1 Å². The zero-order valence-corrected chi connectivity index (χ0v) is 16.0. The molecular weight excluding hydrogens is 358 g/mol. The van der Waals surface area contributed by atoms with Crippen molar-refractivity contribution in [2.24, 2.45) is 0 Å². The monoisotopic (exact) mass is 381 g/mol. The zero-order chi connectivity index (χ0) is 20.7. The Labute approximate surface area is 163 Å². The first-order chi connectivity index (χ1) is 13.3. The Bertz CT molecular complexity index is 962. The number of rotatable bonds is 4. The molecule has 0 spiro atoms. The zero-order valence-electron chi connectivity index (χ0n) is 16.0. The van der Waals surface area contributed by atoms with Crippen molar-refractivity contribution in [3.8, 4) is 11.4 Å². The van der Waals surface area contributed by atoms with Crippen LogP contribution in [0.1, 0.15) is 22.8 Å². The van der Waals surface area contributed by atoms with Gasteiger partial charge in [-0.05, 0) is 29.8 Å². The van der Waals surface area contributed by atoms with Gasteiger partial charge in [-0.3, -0.25) is 9.59 Å². The molecule has 0 aliphatic carbocycles. The standard InChI is InChI=1S/C18H19N5O.C2H4O2/c1-22(2)18(24)15-5-3-4-13(10-15)12-23-9-8-21-17(23)14-6-7-20-16(19)11-14;1-2(3)4/h3-11H,12H2,1-2H3,(H2,19,20);1H3,(H,3,4). The largest absolute Gasteiger partial charge is 0.481 e. The van der Waals surface area contributed by atoms with Crippen molar-refractivity contribution in [2.75, 3.05) is 19.8 Å². The number of pyridine rings is 1. The second kappa shape index (κ2) is 9.31. The van der Waals surface area contributed by atoms with Crippen LogP contribution in [0.25, 0.3) is 11.4 Å². The van der Waals surface area contributed by atoms with E-state index >= 15 is 0 Å². The molecule has 1 aromatic carbocycles. The molecule has 3 aromatic rings. The van der Waals surface area contributed by atoms with Gasteiger partial charge in [0.2, 0.25) is 0 Å². The number of hydrogen-bond acceptors (Lipinski definition) is 5. The molecule has 0 radical (unpaired) electrons. The fraction of sp³-hybridized carbons (Fsp3) is 0.200. The molecule has 146 valence electrons. The molecule has 8 heteroatoms. The summed E-state index contributed by atoms with van der Waals surface area (Å²) in [4.78, 5) is 31.1. The molecule has 0 unspecified atom stereocenters. The maximum Gasteiger partial charge on any atom is 0.300 e. The fourth-order valence-corrected chi connectivity index (χ4v) is 2.54. The third-order valence-corrected chi connectivity index (χ3v) is 3.69. The highest BCUT2D eigenvalue weighted by Crippen LogP contribution is 2.20. The Balaban J connectivity index is 0.000000640. The van der Waals surface area contributed by atoms with E-state index in [0.29, 0.717) is 17.9 Å². The van der Waals surface area contributed by atoms with Crippen molar-refractivity contribution in [3.63, 3.8) is 0 Å². The predicted molar refractivity (Wildman–Crippen MR) is 107 cm³/mol. The molecule has 8 nitrogen and oxygen atoms in total. The van der Waals surface area contributed by atoms with E-state index in [1.807, 2.05) is 41.1 Å². The molecule has 3 N–H and O–H groups in total. The van der Waals surface area contributed by atoms with Gasteiger partial charge in [0.25, 0.3) is 11.9 Å². The van der Waals surface area contributed by atoms with E-state index in [9.17, 15) is 4.79 Å². The number of carboxylic acids is 1. The topological polar surface area (TPSA) is 114 Å². The highest BCUT2D eigenvalue weighted by molar-refractivity contribution is 5.94. The fourth-order valence-electron chi connectivity index (χ4n) is 2.54. The van der Waals surface area contributed by atoms with E-state index in [4.69, 9.17) is 15.6 Å². The van der Waals surface area contributed by atoms with Gasteiger partial charge in [0.1, 0.15) is 11.6 Å². The van der Waals surface area contributed by atoms with Crippen LogP contribution in [0.15, 0.2) is 55.0 Å². The third kappa shape index (κ3) is 5.66. The van der Waals surface area contributed by atoms with Gasteiger partial charge < -0.3 is 20.3 Å². The van der Waals surface area contributed by atoms with Crippen LogP contribution in [-0.4, -0.2) is 50.5 Å². The van der Waals surface area contributed by atoms with Crippen molar-refractivity contribution in [1.82, 2.24) is 19.4 Å². The minimum atomic E-state index is -0.833. The summed E-state index contributed by atoms with van der Waals surface area (Å²) >= 11 is 0. The molecule has 0 atom stereocenters. The average Bonchev–Trinajstić information content (AvgIpc) is 3.09. The first kappa shape index (κ1) is 20.6. The molecule has 0 fully saturated rings. The molecule has 0 aliphatic rings. The van der Waals surface area contributed by atoms with Crippen molar-refractivity contribution in [1.29, 1.82) is 0 Å². The van der Waals surface area contributed by atoms with Gasteiger partial charge in [0.05, 0.1) is 0 Å². The Morgan fingerprint density at radius 1 is 1.14 bits per heavy atom. The number of amides is 1. The number of benzene rings is 1. The molecule has 0 aliphatic heterocycles. The summed E-state index contributed by atoms with van der Waals surface area (Å²) in [6, 6.07) is 11.3. The van der Waals surface area contributed by atoms with Gasteiger partial charge in [-0.1, -0.05) is 12.1 Å². The van der Waals surface area contributed by atoms with Gasteiger partial charge in [0, 0.05) is 57.3 Å².